The number of nitrogens with zero attached hydrogens (tertiary/aromatic N) is 5. The third-order valence-corrected chi connectivity index (χ3v) is 4.91. The highest BCUT2D eigenvalue weighted by atomic mass is 19.4. The molecule has 0 aliphatic carbocycles. The number of carbonyl (C=O) groups excluding carboxylic acids is 1. The van der Waals surface area contributed by atoms with E-state index in [2.05, 4.69) is 14.9 Å². The van der Waals surface area contributed by atoms with Crippen LogP contribution in [0.3, 0.4) is 0 Å². The fraction of sp³-hybridized carbons (Fsp3) is 0.316. The van der Waals surface area contributed by atoms with Gasteiger partial charge in [0.05, 0.1) is 42.6 Å². The van der Waals surface area contributed by atoms with Crippen molar-refractivity contribution in [2.75, 3.05) is 31.2 Å². The number of rotatable bonds is 4. The largest absolute Gasteiger partial charge is 0.418 e. The van der Waals surface area contributed by atoms with E-state index < -0.39 is 11.7 Å². The summed E-state index contributed by atoms with van der Waals surface area (Å²) in [4.78, 5) is 21.3. The van der Waals surface area contributed by atoms with Crippen LogP contribution in [0.1, 0.15) is 16.2 Å². The molecule has 0 aromatic carbocycles. The standard InChI is InChI=1S/C19H18F3N5O2/c1-25-16(9-24-18(25)12-28)14-10-27(11-15(14)19(20,21)22)17-3-2-13(8-23-17)26-4-6-29-7-5-26/h2-3,8-12H,4-7H2,1H3. The van der Waals surface area contributed by atoms with Crippen molar-refractivity contribution in [3.8, 4) is 17.1 Å². The van der Waals surface area contributed by atoms with E-state index in [0.717, 1.165) is 25.0 Å². The lowest BCUT2D eigenvalue weighted by atomic mass is 10.1. The first-order valence-corrected chi connectivity index (χ1v) is 8.94. The summed E-state index contributed by atoms with van der Waals surface area (Å²) < 4.78 is 48.9. The molecule has 0 unspecified atom stereocenters. The Labute approximate surface area is 164 Å². The number of morpholine rings is 1. The number of aldehydes is 1. The van der Waals surface area contributed by atoms with Crippen molar-refractivity contribution >= 4 is 12.0 Å². The predicted molar refractivity (Wildman–Crippen MR) is 99.2 cm³/mol. The molecular weight excluding hydrogens is 387 g/mol. The van der Waals surface area contributed by atoms with Crippen molar-refractivity contribution in [3.63, 3.8) is 0 Å². The zero-order valence-corrected chi connectivity index (χ0v) is 15.6. The van der Waals surface area contributed by atoms with E-state index in [1.165, 1.54) is 28.6 Å². The topological polar surface area (TPSA) is 65.2 Å². The average molecular weight is 405 g/mol. The van der Waals surface area contributed by atoms with Crippen LogP contribution >= 0.6 is 0 Å². The first-order chi connectivity index (χ1) is 13.9. The third-order valence-electron chi connectivity index (χ3n) is 4.91. The van der Waals surface area contributed by atoms with Crippen molar-refractivity contribution in [1.29, 1.82) is 0 Å². The lowest BCUT2D eigenvalue weighted by Gasteiger charge is -2.28. The maximum Gasteiger partial charge on any atom is 0.418 e. The van der Waals surface area contributed by atoms with Gasteiger partial charge < -0.3 is 18.8 Å². The maximum atomic E-state index is 13.6. The third kappa shape index (κ3) is 3.63. The summed E-state index contributed by atoms with van der Waals surface area (Å²) in [5.41, 5.74) is 0.197. The molecule has 1 saturated heterocycles. The van der Waals surface area contributed by atoms with E-state index in [9.17, 15) is 18.0 Å². The minimum atomic E-state index is -4.57. The number of imidazole rings is 1. The molecule has 0 amide bonds. The molecule has 4 rings (SSSR count). The lowest BCUT2D eigenvalue weighted by molar-refractivity contribution is -0.137. The molecule has 0 bridgehead atoms. The van der Waals surface area contributed by atoms with Gasteiger partial charge in [0.1, 0.15) is 5.82 Å². The van der Waals surface area contributed by atoms with E-state index >= 15 is 0 Å². The highest BCUT2D eigenvalue weighted by molar-refractivity contribution is 5.74. The van der Waals surface area contributed by atoms with Gasteiger partial charge in [-0.05, 0) is 12.1 Å². The van der Waals surface area contributed by atoms with Crippen LogP contribution in [0, 0.1) is 0 Å². The number of alkyl halides is 3. The zero-order valence-electron chi connectivity index (χ0n) is 15.6. The number of halogens is 3. The fourth-order valence-electron chi connectivity index (χ4n) is 3.34. The van der Waals surface area contributed by atoms with Crippen molar-refractivity contribution in [2.45, 2.75) is 6.18 Å². The summed E-state index contributed by atoms with van der Waals surface area (Å²) in [7, 11) is 1.50. The van der Waals surface area contributed by atoms with Gasteiger partial charge in [-0.25, -0.2) is 9.97 Å². The maximum absolute atomic E-state index is 13.6. The summed E-state index contributed by atoms with van der Waals surface area (Å²) in [6.45, 7) is 2.75. The van der Waals surface area contributed by atoms with Gasteiger partial charge in [0.2, 0.25) is 0 Å². The number of hydrogen-bond acceptors (Lipinski definition) is 5. The number of hydrogen-bond donors (Lipinski definition) is 0. The molecule has 1 aliphatic heterocycles. The van der Waals surface area contributed by atoms with Crippen molar-refractivity contribution < 1.29 is 22.7 Å². The molecule has 152 valence electrons. The van der Waals surface area contributed by atoms with Gasteiger partial charge in [0, 0.05) is 38.1 Å². The number of ether oxygens (including phenoxy) is 1. The van der Waals surface area contributed by atoms with E-state index in [0.29, 0.717) is 25.3 Å². The van der Waals surface area contributed by atoms with Crippen molar-refractivity contribution in [3.05, 3.63) is 48.3 Å². The Morgan fingerprint density at radius 2 is 1.86 bits per heavy atom. The van der Waals surface area contributed by atoms with Gasteiger partial charge in [-0.15, -0.1) is 0 Å². The zero-order chi connectivity index (χ0) is 20.6. The number of aromatic nitrogens is 4. The van der Waals surface area contributed by atoms with Crippen LogP contribution in [0.4, 0.5) is 18.9 Å². The molecular formula is C19H18F3N5O2. The van der Waals surface area contributed by atoms with Gasteiger partial charge in [-0.3, -0.25) is 4.79 Å². The fourth-order valence-corrected chi connectivity index (χ4v) is 3.34. The Morgan fingerprint density at radius 3 is 2.45 bits per heavy atom. The van der Waals surface area contributed by atoms with Gasteiger partial charge in [0.15, 0.2) is 12.1 Å². The number of anilines is 1. The van der Waals surface area contributed by atoms with E-state index in [4.69, 9.17) is 4.74 Å². The monoisotopic (exact) mass is 405 g/mol. The Morgan fingerprint density at radius 1 is 1.10 bits per heavy atom. The molecule has 1 fully saturated rings. The minimum Gasteiger partial charge on any atom is -0.378 e. The van der Waals surface area contributed by atoms with Gasteiger partial charge >= 0.3 is 6.18 Å². The van der Waals surface area contributed by atoms with E-state index in [1.807, 2.05) is 6.07 Å². The van der Waals surface area contributed by atoms with Crippen LogP contribution in [0.2, 0.25) is 0 Å². The van der Waals surface area contributed by atoms with Gasteiger partial charge in [0.25, 0.3) is 0 Å². The van der Waals surface area contributed by atoms with Crippen LogP contribution < -0.4 is 4.90 Å². The minimum absolute atomic E-state index is 0.0499. The molecule has 0 spiro atoms. The molecule has 3 aromatic rings. The molecule has 1 aliphatic rings. The molecule has 0 atom stereocenters. The molecule has 10 heteroatoms. The quantitative estimate of drug-likeness (QED) is 0.625. The van der Waals surface area contributed by atoms with Crippen molar-refractivity contribution in [2.24, 2.45) is 7.05 Å². The van der Waals surface area contributed by atoms with Crippen LogP contribution in [0.25, 0.3) is 17.1 Å². The molecule has 0 saturated carbocycles. The Kier molecular flexibility index (Phi) is 4.87. The Hall–Kier alpha value is -3.14. The van der Waals surface area contributed by atoms with Crippen LogP contribution in [-0.4, -0.2) is 51.7 Å². The first kappa shape index (κ1) is 19.2. The summed E-state index contributed by atoms with van der Waals surface area (Å²) in [6.07, 6.45) is 1.18. The average Bonchev–Trinajstić information content (AvgIpc) is 3.32. The second kappa shape index (κ2) is 7.36. The Balaban J connectivity index is 1.72. The molecule has 7 nitrogen and oxygen atoms in total. The van der Waals surface area contributed by atoms with Crippen LogP contribution in [-0.2, 0) is 18.0 Å². The second-order valence-corrected chi connectivity index (χ2v) is 6.64. The predicted octanol–water partition coefficient (Wildman–Crippen LogP) is 2.94. The SMILES string of the molecule is Cn1c(-c2cn(-c3ccc(N4CCOCC4)cn3)cc2C(F)(F)F)cnc1C=O. The smallest absolute Gasteiger partial charge is 0.378 e. The summed E-state index contributed by atoms with van der Waals surface area (Å²) in [5.74, 6) is 0.408. The summed E-state index contributed by atoms with van der Waals surface area (Å²) in [6, 6.07) is 3.50. The number of carbonyl (C=O) groups is 1. The molecule has 3 aromatic heterocycles. The van der Waals surface area contributed by atoms with Crippen molar-refractivity contribution in [1.82, 2.24) is 19.1 Å². The molecule has 4 heterocycles. The highest BCUT2D eigenvalue weighted by Gasteiger charge is 2.36. The van der Waals surface area contributed by atoms with Gasteiger partial charge in [-0.1, -0.05) is 0 Å². The molecule has 29 heavy (non-hydrogen) atoms. The molecule has 0 radical (unpaired) electrons. The summed E-state index contributed by atoms with van der Waals surface area (Å²) in [5, 5.41) is 0. The van der Waals surface area contributed by atoms with Crippen LogP contribution in [0.15, 0.2) is 36.9 Å². The Bertz CT molecular complexity index is 1020. The highest BCUT2D eigenvalue weighted by Crippen LogP contribution is 2.38. The van der Waals surface area contributed by atoms with Crippen LogP contribution in [0.5, 0.6) is 0 Å². The second-order valence-electron chi connectivity index (χ2n) is 6.64. The van der Waals surface area contributed by atoms with E-state index in [-0.39, 0.29) is 17.1 Å². The summed E-state index contributed by atoms with van der Waals surface area (Å²) >= 11 is 0. The number of pyridine rings is 1. The normalized spacial score (nSPS) is 15.0. The molecule has 0 N–H and O–H groups in total. The van der Waals surface area contributed by atoms with Gasteiger partial charge in [-0.2, -0.15) is 13.2 Å². The lowest BCUT2D eigenvalue weighted by Crippen LogP contribution is -2.36. The van der Waals surface area contributed by atoms with E-state index in [1.54, 1.807) is 12.3 Å². The first-order valence-electron chi connectivity index (χ1n) is 8.94.